The molecule has 0 aliphatic carbocycles. The van der Waals surface area contributed by atoms with Crippen molar-refractivity contribution in [1.82, 2.24) is 5.43 Å². The van der Waals surface area contributed by atoms with Crippen LogP contribution in [0.2, 0.25) is 5.02 Å². The van der Waals surface area contributed by atoms with E-state index in [1.54, 1.807) is 30.3 Å². The molecule has 1 amide bonds. The highest BCUT2D eigenvalue weighted by Gasteiger charge is 2.14. The van der Waals surface area contributed by atoms with Gasteiger partial charge in [0.2, 0.25) is 0 Å². The van der Waals surface area contributed by atoms with Crippen LogP contribution >= 0.6 is 11.6 Å². The minimum absolute atomic E-state index is 0.351. The van der Waals surface area contributed by atoms with E-state index in [0.717, 1.165) is 11.1 Å². The van der Waals surface area contributed by atoms with Crippen LogP contribution in [0, 0.1) is 0 Å². The zero-order valence-electron chi connectivity index (χ0n) is 22.4. The molecule has 4 aromatic carbocycles. The number of nitrogens with one attached hydrogen (secondary N) is 1. The van der Waals surface area contributed by atoms with Crippen LogP contribution in [0.1, 0.15) is 40.9 Å². The molecule has 0 bridgehead atoms. The molecule has 0 radical (unpaired) electrons. The number of nitrogens with zero attached hydrogens (tertiary/aromatic N) is 1. The van der Waals surface area contributed by atoms with E-state index in [9.17, 15) is 4.79 Å². The van der Waals surface area contributed by atoms with Gasteiger partial charge in [0.15, 0.2) is 23.0 Å². The van der Waals surface area contributed by atoms with Crippen LogP contribution in [0.15, 0.2) is 96.1 Å². The molecule has 0 atom stereocenters. The third-order valence-corrected chi connectivity index (χ3v) is 5.96. The fraction of sp³-hybridized carbons (Fsp3) is 0.188. The number of benzene rings is 4. The largest absolute Gasteiger partial charge is 0.490 e. The molecule has 4 rings (SSSR count). The summed E-state index contributed by atoms with van der Waals surface area (Å²) in [4.78, 5) is 12.8. The van der Waals surface area contributed by atoms with Gasteiger partial charge in [-0.2, -0.15) is 5.10 Å². The van der Waals surface area contributed by atoms with Crippen LogP contribution in [0.4, 0.5) is 0 Å². The maximum absolute atomic E-state index is 12.8. The lowest BCUT2D eigenvalue weighted by molar-refractivity contribution is 0.0954. The monoisotopic (exact) mass is 558 g/mol. The number of amides is 1. The molecule has 0 aliphatic heterocycles. The number of rotatable bonds is 13. The van der Waals surface area contributed by atoms with Gasteiger partial charge in [-0.15, -0.1) is 0 Å². The first kappa shape index (κ1) is 28.5. The van der Waals surface area contributed by atoms with Crippen molar-refractivity contribution in [1.29, 1.82) is 0 Å². The molecule has 0 unspecified atom stereocenters. The predicted octanol–water partition coefficient (Wildman–Crippen LogP) is 7.06. The summed E-state index contributed by atoms with van der Waals surface area (Å²) in [5, 5.41) is 4.48. The zero-order chi connectivity index (χ0) is 28.2. The third-order valence-electron chi connectivity index (χ3n) is 5.68. The Morgan fingerprint density at radius 3 is 2.02 bits per heavy atom. The molecule has 0 aliphatic rings. The van der Waals surface area contributed by atoms with Crippen LogP contribution < -0.4 is 24.4 Å². The lowest BCUT2D eigenvalue weighted by Crippen LogP contribution is -2.17. The maximum Gasteiger partial charge on any atom is 0.271 e. The highest BCUT2D eigenvalue weighted by Crippen LogP contribution is 2.37. The van der Waals surface area contributed by atoms with Gasteiger partial charge in [0.1, 0.15) is 13.2 Å². The normalized spacial score (nSPS) is 10.8. The van der Waals surface area contributed by atoms with Crippen molar-refractivity contribution in [2.45, 2.75) is 27.1 Å². The van der Waals surface area contributed by atoms with Crippen molar-refractivity contribution in [2.75, 3.05) is 13.2 Å². The van der Waals surface area contributed by atoms with E-state index in [2.05, 4.69) is 10.5 Å². The topological polar surface area (TPSA) is 78.4 Å². The first-order valence-electron chi connectivity index (χ1n) is 13.0. The maximum atomic E-state index is 12.8. The van der Waals surface area contributed by atoms with E-state index in [0.29, 0.717) is 65.6 Å². The Balaban J connectivity index is 1.42. The first-order chi connectivity index (χ1) is 19.6. The summed E-state index contributed by atoms with van der Waals surface area (Å²) in [6.45, 7) is 5.35. The molecular formula is C32H31ClN2O5. The quantitative estimate of drug-likeness (QED) is 0.140. The van der Waals surface area contributed by atoms with Crippen LogP contribution in [0.5, 0.6) is 23.0 Å². The zero-order valence-corrected chi connectivity index (χ0v) is 23.2. The smallest absolute Gasteiger partial charge is 0.271 e. The van der Waals surface area contributed by atoms with E-state index in [1.807, 2.05) is 74.5 Å². The number of hydrazone groups is 1. The van der Waals surface area contributed by atoms with Gasteiger partial charge in [-0.3, -0.25) is 4.79 Å². The van der Waals surface area contributed by atoms with E-state index in [-0.39, 0.29) is 0 Å². The second-order valence-corrected chi connectivity index (χ2v) is 9.01. The Labute approximate surface area is 239 Å². The Kier molecular flexibility index (Phi) is 10.4. The molecule has 4 aromatic rings. The highest BCUT2D eigenvalue weighted by molar-refractivity contribution is 6.32. The number of carbonyl (C=O) groups is 1. The van der Waals surface area contributed by atoms with Gasteiger partial charge in [0.05, 0.1) is 24.5 Å². The fourth-order valence-corrected chi connectivity index (χ4v) is 4.07. The Morgan fingerprint density at radius 2 is 1.38 bits per heavy atom. The molecular weight excluding hydrogens is 528 g/mol. The fourth-order valence-electron chi connectivity index (χ4n) is 3.80. The summed E-state index contributed by atoms with van der Waals surface area (Å²) in [6.07, 6.45) is 1.49. The molecule has 1 N–H and O–H groups in total. The van der Waals surface area contributed by atoms with Crippen molar-refractivity contribution in [2.24, 2.45) is 5.10 Å². The molecule has 7 nitrogen and oxygen atoms in total. The molecule has 0 spiro atoms. The molecule has 0 saturated carbocycles. The molecule has 0 aromatic heterocycles. The average Bonchev–Trinajstić information content (AvgIpc) is 2.97. The molecule has 0 saturated heterocycles. The van der Waals surface area contributed by atoms with Crippen molar-refractivity contribution in [3.8, 4) is 23.0 Å². The molecule has 8 heteroatoms. The lowest BCUT2D eigenvalue weighted by Gasteiger charge is -2.14. The summed E-state index contributed by atoms with van der Waals surface area (Å²) < 4.78 is 23.3. The minimum atomic E-state index is -0.397. The Morgan fingerprint density at radius 1 is 0.750 bits per heavy atom. The van der Waals surface area contributed by atoms with E-state index < -0.39 is 5.91 Å². The Bertz CT molecular complexity index is 1430. The predicted molar refractivity (Wildman–Crippen MR) is 157 cm³/mol. The van der Waals surface area contributed by atoms with Gasteiger partial charge in [-0.25, -0.2) is 5.43 Å². The van der Waals surface area contributed by atoms with Crippen LogP contribution in [0.3, 0.4) is 0 Å². The van der Waals surface area contributed by atoms with Crippen molar-refractivity contribution in [3.63, 3.8) is 0 Å². The molecule has 206 valence electrons. The number of hydrogen-bond acceptors (Lipinski definition) is 6. The van der Waals surface area contributed by atoms with Gasteiger partial charge < -0.3 is 18.9 Å². The van der Waals surface area contributed by atoms with Gasteiger partial charge in [0.25, 0.3) is 5.91 Å². The second-order valence-electron chi connectivity index (χ2n) is 8.61. The van der Waals surface area contributed by atoms with Crippen molar-refractivity contribution in [3.05, 3.63) is 118 Å². The van der Waals surface area contributed by atoms with Gasteiger partial charge in [-0.05, 0) is 60.9 Å². The van der Waals surface area contributed by atoms with Crippen LogP contribution in [-0.4, -0.2) is 25.3 Å². The summed E-state index contributed by atoms with van der Waals surface area (Å²) in [6, 6.07) is 28.1. The van der Waals surface area contributed by atoms with Crippen LogP contribution in [0.25, 0.3) is 0 Å². The van der Waals surface area contributed by atoms with Gasteiger partial charge >= 0.3 is 0 Å². The SMILES string of the molecule is CCOc1cc(C(=O)N/N=C/c2cc(Cl)c(OCc3ccccc3)c(OCC)c2)ccc1OCc1ccccc1. The van der Waals surface area contributed by atoms with Gasteiger partial charge in [-0.1, -0.05) is 72.3 Å². The number of halogens is 1. The van der Waals surface area contributed by atoms with E-state index >= 15 is 0 Å². The number of hydrogen-bond donors (Lipinski definition) is 1. The number of carbonyl (C=O) groups excluding carboxylic acids is 1. The molecule has 0 heterocycles. The standard InChI is InChI=1S/C32H31ClN2O5/c1-3-37-29-19-26(15-16-28(29)39-21-23-11-7-5-8-12-23)32(36)35-34-20-25-17-27(33)31(30(18-25)38-4-2)40-22-24-13-9-6-10-14-24/h5-20H,3-4,21-22H2,1-2H3,(H,35,36)/b34-20+. The summed E-state index contributed by atoms with van der Waals surface area (Å²) >= 11 is 6.52. The first-order valence-corrected chi connectivity index (χ1v) is 13.3. The number of ether oxygens (including phenoxy) is 4. The van der Waals surface area contributed by atoms with Gasteiger partial charge in [0, 0.05) is 5.56 Å². The summed E-state index contributed by atoms with van der Waals surface area (Å²) in [7, 11) is 0. The van der Waals surface area contributed by atoms with E-state index in [4.69, 9.17) is 30.5 Å². The lowest BCUT2D eigenvalue weighted by atomic mass is 10.2. The molecule has 0 fully saturated rings. The highest BCUT2D eigenvalue weighted by atomic mass is 35.5. The van der Waals surface area contributed by atoms with Crippen LogP contribution in [-0.2, 0) is 13.2 Å². The third kappa shape index (κ3) is 8.01. The van der Waals surface area contributed by atoms with E-state index in [1.165, 1.54) is 6.21 Å². The summed E-state index contributed by atoms with van der Waals surface area (Å²) in [5.41, 5.74) is 5.61. The second kappa shape index (κ2) is 14.6. The minimum Gasteiger partial charge on any atom is -0.490 e. The van der Waals surface area contributed by atoms with Crippen molar-refractivity contribution < 1.29 is 23.7 Å². The summed E-state index contributed by atoms with van der Waals surface area (Å²) in [5.74, 6) is 1.58. The molecule has 40 heavy (non-hydrogen) atoms. The van der Waals surface area contributed by atoms with Crippen molar-refractivity contribution >= 4 is 23.7 Å². The Hall–Kier alpha value is -4.49. The average molecular weight is 559 g/mol.